The molecule has 0 spiro atoms. The Kier molecular flexibility index (Phi) is 6.21. The summed E-state index contributed by atoms with van der Waals surface area (Å²) in [6.45, 7) is 5.54. The fourth-order valence-electron chi connectivity index (χ4n) is 1.97. The van der Waals surface area contributed by atoms with Crippen molar-refractivity contribution in [3.8, 4) is 0 Å². The maximum absolute atomic E-state index is 12.4. The van der Waals surface area contributed by atoms with E-state index in [1.165, 1.54) is 28.7 Å². The zero-order valence-corrected chi connectivity index (χ0v) is 14.4. The normalized spacial score (nSPS) is 10.6. The first-order valence-corrected chi connectivity index (χ1v) is 8.93. The van der Waals surface area contributed by atoms with Crippen LogP contribution in [0, 0.1) is 6.92 Å². The third kappa shape index (κ3) is 4.99. The van der Waals surface area contributed by atoms with Gasteiger partial charge >= 0.3 is 0 Å². The summed E-state index contributed by atoms with van der Waals surface area (Å²) in [6, 6.07) is 8.29. The topological polar surface area (TPSA) is 72.1 Å². The van der Waals surface area contributed by atoms with Crippen molar-refractivity contribution in [3.63, 3.8) is 0 Å². The van der Waals surface area contributed by atoms with Gasteiger partial charge in [-0.3, -0.25) is 4.79 Å². The van der Waals surface area contributed by atoms with Crippen molar-refractivity contribution in [2.75, 3.05) is 18.0 Å². The molecule has 0 radical (unpaired) electrons. The molecule has 0 aliphatic heterocycles. The van der Waals surface area contributed by atoms with Crippen LogP contribution in [0.5, 0.6) is 0 Å². The molecule has 1 aromatic carbocycles. The van der Waals surface area contributed by atoms with Crippen LogP contribution < -0.4 is 5.73 Å². The molecule has 1 heterocycles. The van der Waals surface area contributed by atoms with Crippen molar-refractivity contribution < 1.29 is 4.79 Å². The van der Waals surface area contributed by atoms with E-state index in [1.807, 2.05) is 4.90 Å². The van der Waals surface area contributed by atoms with Crippen molar-refractivity contribution in [2.24, 2.45) is 0 Å². The summed E-state index contributed by atoms with van der Waals surface area (Å²) in [5.74, 6) is 0.474. The first kappa shape index (κ1) is 16.8. The Balaban J connectivity index is 1.94. The quantitative estimate of drug-likeness (QED) is 0.787. The number of rotatable bonds is 7. The lowest BCUT2D eigenvalue weighted by atomic mass is 10.1. The first-order valence-electron chi connectivity index (χ1n) is 7.13. The summed E-state index contributed by atoms with van der Waals surface area (Å²) in [7, 11) is 0. The Morgan fingerprint density at radius 2 is 2.05 bits per heavy atom. The van der Waals surface area contributed by atoms with Gasteiger partial charge in [-0.05, 0) is 18.9 Å². The molecule has 1 amide bonds. The number of thioether (sulfide) groups is 1. The van der Waals surface area contributed by atoms with E-state index in [4.69, 9.17) is 5.73 Å². The van der Waals surface area contributed by atoms with Crippen molar-refractivity contribution >= 4 is 34.1 Å². The summed E-state index contributed by atoms with van der Waals surface area (Å²) < 4.78 is 0.734. The second kappa shape index (κ2) is 8.14. The number of aromatic nitrogens is 2. The van der Waals surface area contributed by atoms with Gasteiger partial charge in [0.1, 0.15) is 0 Å². The van der Waals surface area contributed by atoms with Crippen molar-refractivity contribution in [1.29, 1.82) is 0 Å². The summed E-state index contributed by atoms with van der Waals surface area (Å²) in [5.41, 5.74) is 7.92. The molecule has 1 aromatic heterocycles. The molecule has 0 saturated heterocycles. The van der Waals surface area contributed by atoms with Crippen molar-refractivity contribution in [1.82, 2.24) is 15.1 Å². The van der Waals surface area contributed by atoms with Gasteiger partial charge in [0.15, 0.2) is 4.34 Å². The maximum atomic E-state index is 12.4. The van der Waals surface area contributed by atoms with Crippen LogP contribution >= 0.6 is 23.1 Å². The van der Waals surface area contributed by atoms with Crippen molar-refractivity contribution in [2.45, 2.75) is 31.2 Å². The van der Waals surface area contributed by atoms with Crippen molar-refractivity contribution in [3.05, 3.63) is 35.4 Å². The number of anilines is 1. The summed E-state index contributed by atoms with van der Waals surface area (Å²) in [6.07, 6.45) is 0.939. The standard InChI is InChI=1S/C15H20N4OS2/c1-3-8-19(9-12-6-4-11(2)5-7-12)13(20)10-21-15-18-17-14(16)22-15/h4-7H,3,8-10H2,1-2H3,(H2,16,17). The molecule has 0 saturated carbocycles. The highest BCUT2D eigenvalue weighted by Crippen LogP contribution is 2.24. The van der Waals surface area contributed by atoms with Gasteiger partial charge in [-0.25, -0.2) is 0 Å². The highest BCUT2D eigenvalue weighted by Gasteiger charge is 2.15. The molecule has 5 nitrogen and oxygen atoms in total. The molecular formula is C15H20N4OS2. The minimum absolute atomic E-state index is 0.112. The lowest BCUT2D eigenvalue weighted by molar-refractivity contribution is -0.129. The van der Waals surface area contributed by atoms with Gasteiger partial charge in [-0.1, -0.05) is 59.9 Å². The predicted octanol–water partition coefficient (Wildman–Crippen LogP) is 2.96. The van der Waals surface area contributed by atoms with Gasteiger partial charge < -0.3 is 10.6 Å². The van der Waals surface area contributed by atoms with Crippen LogP contribution in [0.15, 0.2) is 28.6 Å². The van der Waals surface area contributed by atoms with Crippen LogP contribution in [0.3, 0.4) is 0 Å². The third-order valence-corrected chi connectivity index (χ3v) is 4.95. The lowest BCUT2D eigenvalue weighted by Gasteiger charge is -2.22. The van der Waals surface area contributed by atoms with Gasteiger partial charge in [0.2, 0.25) is 11.0 Å². The second-order valence-corrected chi connectivity index (χ2v) is 7.23. The van der Waals surface area contributed by atoms with Gasteiger partial charge in [0.05, 0.1) is 5.75 Å². The van der Waals surface area contributed by atoms with Gasteiger partial charge in [0, 0.05) is 13.1 Å². The monoisotopic (exact) mass is 336 g/mol. The Hall–Kier alpha value is -1.60. The smallest absolute Gasteiger partial charge is 0.233 e. The number of carbonyl (C=O) groups is 1. The zero-order valence-electron chi connectivity index (χ0n) is 12.8. The zero-order chi connectivity index (χ0) is 15.9. The van der Waals surface area contributed by atoms with E-state index < -0.39 is 0 Å². The van der Waals surface area contributed by atoms with E-state index in [1.54, 1.807) is 0 Å². The number of aryl methyl sites for hydroxylation is 1. The lowest BCUT2D eigenvalue weighted by Crippen LogP contribution is -2.32. The molecule has 0 unspecified atom stereocenters. The Morgan fingerprint density at radius 1 is 1.32 bits per heavy atom. The number of nitrogen functional groups attached to an aromatic ring is 1. The molecule has 118 valence electrons. The fraction of sp³-hybridized carbons (Fsp3) is 0.400. The Labute approximate surface area is 138 Å². The first-order chi connectivity index (χ1) is 10.6. The summed E-state index contributed by atoms with van der Waals surface area (Å²) in [5, 5.41) is 8.11. The Bertz CT molecular complexity index is 612. The minimum atomic E-state index is 0.112. The predicted molar refractivity (Wildman–Crippen MR) is 91.9 cm³/mol. The van der Waals surface area contributed by atoms with E-state index in [9.17, 15) is 4.79 Å². The van der Waals surface area contributed by atoms with E-state index in [0.29, 0.717) is 17.4 Å². The molecule has 0 aliphatic carbocycles. The number of hydrogen-bond donors (Lipinski definition) is 1. The van der Waals surface area contributed by atoms with Gasteiger partial charge in [0.25, 0.3) is 0 Å². The van der Waals surface area contributed by atoms with Crippen LogP contribution in [0.1, 0.15) is 24.5 Å². The van der Waals surface area contributed by atoms with Crippen LogP contribution in [0.25, 0.3) is 0 Å². The van der Waals surface area contributed by atoms with E-state index >= 15 is 0 Å². The summed E-state index contributed by atoms with van der Waals surface area (Å²) in [4.78, 5) is 14.3. The highest BCUT2D eigenvalue weighted by molar-refractivity contribution is 8.01. The third-order valence-electron chi connectivity index (χ3n) is 3.08. The van der Waals surface area contributed by atoms with Crippen LogP contribution in [-0.4, -0.2) is 33.3 Å². The molecule has 2 N–H and O–H groups in total. The molecule has 0 bridgehead atoms. The minimum Gasteiger partial charge on any atom is -0.374 e. The number of nitrogens with zero attached hydrogens (tertiary/aromatic N) is 3. The Morgan fingerprint density at radius 3 is 2.64 bits per heavy atom. The molecule has 2 rings (SSSR count). The van der Waals surface area contributed by atoms with E-state index in [2.05, 4.69) is 48.3 Å². The summed E-state index contributed by atoms with van der Waals surface area (Å²) >= 11 is 2.70. The fourth-order valence-corrected chi connectivity index (χ4v) is 3.51. The number of nitrogens with two attached hydrogens (primary N) is 1. The molecule has 2 aromatic rings. The number of benzene rings is 1. The SMILES string of the molecule is CCCN(Cc1ccc(C)cc1)C(=O)CSc1nnc(N)s1. The molecule has 0 fully saturated rings. The maximum Gasteiger partial charge on any atom is 0.233 e. The highest BCUT2D eigenvalue weighted by atomic mass is 32.2. The number of amides is 1. The number of carbonyl (C=O) groups excluding carboxylic acids is 1. The van der Waals surface area contributed by atoms with Crippen LogP contribution in [0.4, 0.5) is 5.13 Å². The number of hydrogen-bond acceptors (Lipinski definition) is 6. The van der Waals surface area contributed by atoms with Gasteiger partial charge in [-0.2, -0.15) is 0 Å². The molecule has 7 heteroatoms. The molecular weight excluding hydrogens is 316 g/mol. The van der Waals surface area contributed by atoms with E-state index in [-0.39, 0.29) is 5.91 Å². The van der Waals surface area contributed by atoms with Crippen LogP contribution in [-0.2, 0) is 11.3 Å². The van der Waals surface area contributed by atoms with Gasteiger partial charge in [-0.15, -0.1) is 10.2 Å². The molecule has 0 atom stereocenters. The second-order valence-electron chi connectivity index (χ2n) is 5.00. The average Bonchev–Trinajstić information content (AvgIpc) is 2.92. The largest absolute Gasteiger partial charge is 0.374 e. The van der Waals surface area contributed by atoms with E-state index in [0.717, 1.165) is 22.9 Å². The molecule has 0 aliphatic rings. The average molecular weight is 336 g/mol. The van der Waals surface area contributed by atoms with Crippen LogP contribution in [0.2, 0.25) is 0 Å². The molecule has 22 heavy (non-hydrogen) atoms.